The van der Waals surface area contributed by atoms with Crippen molar-refractivity contribution in [2.75, 3.05) is 13.2 Å². The quantitative estimate of drug-likeness (QED) is 0.386. The lowest BCUT2D eigenvalue weighted by Crippen LogP contribution is -2.27. The van der Waals surface area contributed by atoms with Gasteiger partial charge in [-0.3, -0.25) is 9.59 Å². The lowest BCUT2D eigenvalue weighted by molar-refractivity contribution is 0.0510. The molecule has 0 aliphatic rings. The van der Waals surface area contributed by atoms with E-state index in [0.29, 0.717) is 36.2 Å². The van der Waals surface area contributed by atoms with Gasteiger partial charge in [-0.05, 0) is 25.8 Å². The fourth-order valence-electron chi connectivity index (χ4n) is 3.65. The third-order valence-corrected chi connectivity index (χ3v) is 5.18. The van der Waals surface area contributed by atoms with Gasteiger partial charge in [0.25, 0.3) is 5.56 Å². The lowest BCUT2D eigenvalue weighted by Gasteiger charge is -2.12. The second-order valence-corrected chi connectivity index (χ2v) is 7.24. The zero-order valence-electron chi connectivity index (χ0n) is 18.4. The highest BCUT2D eigenvalue weighted by Gasteiger charge is 2.27. The number of benzene rings is 1. The Kier molecular flexibility index (Phi) is 6.95. The van der Waals surface area contributed by atoms with Crippen molar-refractivity contribution in [1.82, 2.24) is 9.13 Å². The van der Waals surface area contributed by atoms with E-state index >= 15 is 0 Å². The van der Waals surface area contributed by atoms with Crippen LogP contribution in [0.5, 0.6) is 5.75 Å². The molecule has 0 fully saturated rings. The number of rotatable bonds is 9. The fourth-order valence-corrected chi connectivity index (χ4v) is 3.65. The standard InChI is InChI=1S/C24H28N2O5/c1-5-13-31-22-20-18(25(4)21(22)24(29)30-7-3)14-17(6-2)26(23(20)28)15-19(27)16-11-9-8-10-12-16/h8-12,14H,5-7,13,15H2,1-4H3. The van der Waals surface area contributed by atoms with Crippen LogP contribution in [-0.2, 0) is 24.8 Å². The summed E-state index contributed by atoms with van der Waals surface area (Å²) in [7, 11) is 1.71. The second kappa shape index (κ2) is 9.64. The molecular formula is C24H28N2O5. The highest BCUT2D eigenvalue weighted by atomic mass is 16.5. The highest BCUT2D eigenvalue weighted by Crippen LogP contribution is 2.32. The van der Waals surface area contributed by atoms with E-state index in [9.17, 15) is 14.4 Å². The Bertz CT molecular complexity index is 1160. The average Bonchev–Trinajstić information content (AvgIpc) is 3.06. The summed E-state index contributed by atoms with van der Waals surface area (Å²) >= 11 is 0. The van der Waals surface area contributed by atoms with E-state index in [0.717, 1.165) is 0 Å². The number of aromatic nitrogens is 2. The van der Waals surface area contributed by atoms with Crippen LogP contribution in [0.4, 0.5) is 0 Å². The van der Waals surface area contributed by atoms with Crippen molar-refractivity contribution < 1.29 is 19.1 Å². The molecule has 0 N–H and O–H groups in total. The van der Waals surface area contributed by atoms with E-state index in [4.69, 9.17) is 9.47 Å². The summed E-state index contributed by atoms with van der Waals surface area (Å²) < 4.78 is 14.2. The van der Waals surface area contributed by atoms with Crippen molar-refractivity contribution in [3.8, 4) is 5.75 Å². The van der Waals surface area contributed by atoms with Gasteiger partial charge in [-0.25, -0.2) is 4.79 Å². The van der Waals surface area contributed by atoms with E-state index in [-0.39, 0.29) is 41.3 Å². The summed E-state index contributed by atoms with van der Waals surface area (Å²) in [4.78, 5) is 39.0. The van der Waals surface area contributed by atoms with Gasteiger partial charge < -0.3 is 18.6 Å². The molecule has 2 heterocycles. The Hall–Kier alpha value is -3.35. The molecule has 2 aromatic heterocycles. The highest BCUT2D eigenvalue weighted by molar-refractivity contribution is 6.02. The van der Waals surface area contributed by atoms with E-state index in [1.54, 1.807) is 42.8 Å². The van der Waals surface area contributed by atoms with Gasteiger partial charge in [0.05, 0.1) is 25.3 Å². The minimum Gasteiger partial charge on any atom is -0.490 e. The lowest BCUT2D eigenvalue weighted by atomic mass is 10.1. The molecule has 164 valence electrons. The molecule has 0 spiro atoms. The first-order valence-electron chi connectivity index (χ1n) is 10.6. The maximum atomic E-state index is 13.6. The maximum absolute atomic E-state index is 13.6. The summed E-state index contributed by atoms with van der Waals surface area (Å²) in [5.41, 5.74) is 1.69. The van der Waals surface area contributed by atoms with Crippen LogP contribution in [0.1, 0.15) is 53.7 Å². The molecular weight excluding hydrogens is 396 g/mol. The molecule has 31 heavy (non-hydrogen) atoms. The van der Waals surface area contributed by atoms with Crippen LogP contribution in [0.15, 0.2) is 41.2 Å². The Morgan fingerprint density at radius 2 is 1.77 bits per heavy atom. The zero-order chi connectivity index (χ0) is 22.5. The Balaban J connectivity index is 2.22. The normalized spacial score (nSPS) is 11.0. The van der Waals surface area contributed by atoms with Gasteiger partial charge in [0.2, 0.25) is 0 Å². The van der Waals surface area contributed by atoms with Gasteiger partial charge >= 0.3 is 5.97 Å². The predicted octanol–water partition coefficient (Wildman–Crippen LogP) is 3.75. The molecule has 3 rings (SSSR count). The van der Waals surface area contributed by atoms with Gasteiger partial charge in [-0.15, -0.1) is 0 Å². The molecule has 7 heteroatoms. The number of hydrogen-bond donors (Lipinski definition) is 0. The summed E-state index contributed by atoms with van der Waals surface area (Å²) in [6.07, 6.45) is 1.27. The Morgan fingerprint density at radius 1 is 1.06 bits per heavy atom. The molecule has 1 aromatic carbocycles. The van der Waals surface area contributed by atoms with Crippen molar-refractivity contribution in [2.24, 2.45) is 7.05 Å². The molecule has 0 saturated heterocycles. The smallest absolute Gasteiger partial charge is 0.358 e. The minimum atomic E-state index is -0.545. The number of Topliss-reactive ketones (excluding diaryl/α,β-unsaturated/α-hetero) is 1. The summed E-state index contributed by atoms with van der Waals surface area (Å²) in [6.45, 7) is 6.07. The number of fused-ring (bicyclic) bond motifs is 1. The maximum Gasteiger partial charge on any atom is 0.358 e. The molecule has 0 amide bonds. The molecule has 0 aliphatic carbocycles. The Labute approximate surface area is 181 Å². The average molecular weight is 424 g/mol. The van der Waals surface area contributed by atoms with Crippen LogP contribution in [-0.4, -0.2) is 34.1 Å². The zero-order valence-corrected chi connectivity index (χ0v) is 18.4. The number of hydrogen-bond acceptors (Lipinski definition) is 5. The predicted molar refractivity (Wildman–Crippen MR) is 119 cm³/mol. The second-order valence-electron chi connectivity index (χ2n) is 7.24. The van der Waals surface area contributed by atoms with E-state index in [1.165, 1.54) is 4.57 Å². The van der Waals surface area contributed by atoms with Gasteiger partial charge in [0.1, 0.15) is 5.39 Å². The minimum absolute atomic E-state index is 0.0845. The molecule has 0 bridgehead atoms. The number of ketones is 1. The van der Waals surface area contributed by atoms with Crippen molar-refractivity contribution in [2.45, 2.75) is 40.2 Å². The molecule has 0 atom stereocenters. The largest absolute Gasteiger partial charge is 0.490 e. The summed E-state index contributed by atoms with van der Waals surface area (Å²) in [6, 6.07) is 10.7. The molecule has 0 saturated carbocycles. The van der Waals surface area contributed by atoms with Crippen LogP contribution < -0.4 is 10.3 Å². The van der Waals surface area contributed by atoms with Crippen molar-refractivity contribution in [3.05, 3.63) is 63.7 Å². The number of nitrogens with zero attached hydrogens (tertiary/aromatic N) is 2. The van der Waals surface area contributed by atoms with Gasteiger partial charge in [0.15, 0.2) is 17.2 Å². The van der Waals surface area contributed by atoms with E-state index in [2.05, 4.69) is 0 Å². The number of carbonyl (C=O) groups excluding carboxylic acids is 2. The Morgan fingerprint density at radius 3 is 2.39 bits per heavy atom. The van der Waals surface area contributed by atoms with Gasteiger partial charge in [0, 0.05) is 18.3 Å². The number of esters is 1. The molecule has 0 unspecified atom stereocenters. The first-order valence-corrected chi connectivity index (χ1v) is 10.6. The van der Waals surface area contributed by atoms with Crippen molar-refractivity contribution in [1.29, 1.82) is 0 Å². The molecule has 7 nitrogen and oxygen atoms in total. The van der Waals surface area contributed by atoms with E-state index in [1.807, 2.05) is 26.0 Å². The molecule has 3 aromatic rings. The third kappa shape index (κ3) is 4.26. The fraction of sp³-hybridized carbons (Fsp3) is 0.375. The van der Waals surface area contributed by atoms with E-state index < -0.39 is 5.97 Å². The number of pyridine rings is 1. The topological polar surface area (TPSA) is 79.5 Å². The van der Waals surface area contributed by atoms with Gasteiger partial charge in [-0.1, -0.05) is 44.2 Å². The van der Waals surface area contributed by atoms with Crippen LogP contribution in [0.2, 0.25) is 0 Å². The van der Waals surface area contributed by atoms with Crippen LogP contribution >= 0.6 is 0 Å². The first-order chi connectivity index (χ1) is 14.9. The number of carbonyl (C=O) groups is 2. The van der Waals surface area contributed by atoms with Crippen molar-refractivity contribution >= 4 is 22.7 Å². The van der Waals surface area contributed by atoms with Gasteiger partial charge in [-0.2, -0.15) is 0 Å². The molecule has 0 radical (unpaired) electrons. The van der Waals surface area contributed by atoms with Crippen LogP contribution in [0.25, 0.3) is 10.9 Å². The summed E-state index contributed by atoms with van der Waals surface area (Å²) in [5.74, 6) is -0.489. The first kappa shape index (κ1) is 22.3. The summed E-state index contributed by atoms with van der Waals surface area (Å²) in [5, 5.41) is 0.289. The van der Waals surface area contributed by atoms with Crippen LogP contribution in [0, 0.1) is 0 Å². The third-order valence-electron chi connectivity index (χ3n) is 5.18. The number of ether oxygens (including phenoxy) is 2. The molecule has 0 aliphatic heterocycles. The van der Waals surface area contributed by atoms with Crippen molar-refractivity contribution in [3.63, 3.8) is 0 Å². The monoisotopic (exact) mass is 424 g/mol. The van der Waals surface area contributed by atoms with Crippen LogP contribution in [0.3, 0.4) is 0 Å². The SMILES string of the molecule is CCCOc1c(C(=O)OCC)n(C)c2cc(CC)n(CC(=O)c3ccccc3)c(=O)c12. The number of aryl methyl sites for hydroxylation is 2.